The van der Waals surface area contributed by atoms with Crippen LogP contribution in [0.15, 0.2) is 54.6 Å². The average Bonchev–Trinajstić information content (AvgIpc) is 2.53. The van der Waals surface area contributed by atoms with Crippen molar-refractivity contribution in [2.45, 2.75) is 6.42 Å². The lowest BCUT2D eigenvalue weighted by molar-refractivity contribution is 0.0796. The maximum atomic E-state index is 12.3. The second-order valence-electron chi connectivity index (χ2n) is 4.93. The molecule has 0 aromatic heterocycles. The largest absolute Gasteiger partial charge is 0.707 e. The Bertz CT molecular complexity index is 601. The van der Waals surface area contributed by atoms with Gasteiger partial charge in [0.05, 0.1) is 0 Å². The normalized spacial score (nSPS) is 10.1. The molecule has 2 rings (SSSR count). The Morgan fingerprint density at radius 2 is 1.73 bits per heavy atom. The fourth-order valence-corrected chi connectivity index (χ4v) is 2.06. The molecule has 1 amide bonds. The number of rotatable bonds is 6. The van der Waals surface area contributed by atoms with Crippen LogP contribution < -0.4 is 4.65 Å². The number of hydrogen-bond acceptors (Lipinski definition) is 4. The molecule has 0 spiro atoms. The Balaban J connectivity index is 1.92. The minimum absolute atomic E-state index is 0.0907. The molecule has 2 aromatic carbocycles. The topological polar surface area (TPSA) is 70.0 Å². The molecule has 22 heavy (non-hydrogen) atoms. The minimum Gasteiger partial charge on any atom is -0.512 e. The predicted molar refractivity (Wildman–Crippen MR) is 84.4 cm³/mol. The highest BCUT2D eigenvalue weighted by Crippen LogP contribution is 2.14. The van der Waals surface area contributed by atoms with Crippen molar-refractivity contribution < 1.29 is 19.5 Å². The van der Waals surface area contributed by atoms with Crippen LogP contribution in [0.25, 0.3) is 0 Å². The van der Waals surface area contributed by atoms with Crippen LogP contribution in [0.2, 0.25) is 0 Å². The van der Waals surface area contributed by atoms with Crippen molar-refractivity contribution in [1.29, 1.82) is 0 Å². The van der Waals surface area contributed by atoms with Crippen molar-refractivity contribution in [2.75, 3.05) is 13.6 Å². The molecule has 0 aliphatic heterocycles. The summed E-state index contributed by atoms with van der Waals surface area (Å²) in [5, 5.41) is 17.4. The summed E-state index contributed by atoms with van der Waals surface area (Å²) in [4.78, 5) is 13.9. The van der Waals surface area contributed by atoms with E-state index >= 15 is 0 Å². The maximum Gasteiger partial charge on any atom is 0.707 e. The van der Waals surface area contributed by atoms with Gasteiger partial charge in [0, 0.05) is 19.2 Å². The fraction of sp³-hybridized carbons (Fsp3) is 0.188. The van der Waals surface area contributed by atoms with Crippen LogP contribution in [0.4, 0.5) is 0 Å². The van der Waals surface area contributed by atoms with Crippen molar-refractivity contribution in [3.05, 3.63) is 65.7 Å². The van der Waals surface area contributed by atoms with E-state index in [0.717, 1.165) is 6.42 Å². The van der Waals surface area contributed by atoms with Crippen LogP contribution in [0.5, 0.6) is 5.75 Å². The van der Waals surface area contributed by atoms with E-state index in [2.05, 4.69) is 0 Å². The van der Waals surface area contributed by atoms with Gasteiger partial charge >= 0.3 is 7.32 Å². The third kappa shape index (κ3) is 4.61. The van der Waals surface area contributed by atoms with Gasteiger partial charge in [-0.05, 0) is 36.2 Å². The summed E-state index contributed by atoms with van der Waals surface area (Å²) < 4.78 is 4.70. The van der Waals surface area contributed by atoms with E-state index < -0.39 is 7.32 Å². The van der Waals surface area contributed by atoms with Gasteiger partial charge in [0.2, 0.25) is 0 Å². The van der Waals surface area contributed by atoms with Gasteiger partial charge in [-0.15, -0.1) is 0 Å². The van der Waals surface area contributed by atoms with E-state index in [1.165, 1.54) is 17.7 Å². The lowest BCUT2D eigenvalue weighted by Gasteiger charge is -2.17. The molecule has 2 N–H and O–H groups in total. The second kappa shape index (κ2) is 7.63. The van der Waals surface area contributed by atoms with Gasteiger partial charge in [-0.25, -0.2) is 0 Å². The lowest BCUT2D eigenvalue weighted by Crippen LogP contribution is -2.28. The van der Waals surface area contributed by atoms with Crippen LogP contribution in [-0.4, -0.2) is 41.8 Å². The standard InChI is InChI=1S/C16H18BNO4/c1-18(12-11-13-5-3-2-4-6-13)16(19)14-7-9-15(10-8-14)22-17(20)21/h2-10,20-21H,11-12H2,1H3. The molecule has 0 atom stereocenters. The number of carbonyl (C=O) groups excluding carboxylic acids is 1. The van der Waals surface area contributed by atoms with Crippen molar-refractivity contribution in [3.63, 3.8) is 0 Å². The summed E-state index contributed by atoms with van der Waals surface area (Å²) in [7, 11) is -0.109. The first-order valence-corrected chi connectivity index (χ1v) is 6.98. The summed E-state index contributed by atoms with van der Waals surface area (Å²) >= 11 is 0. The van der Waals surface area contributed by atoms with Gasteiger partial charge in [-0.1, -0.05) is 30.3 Å². The van der Waals surface area contributed by atoms with E-state index in [1.807, 2.05) is 30.3 Å². The average molecular weight is 299 g/mol. The molecule has 0 radical (unpaired) electrons. The minimum atomic E-state index is -1.87. The molecular weight excluding hydrogens is 281 g/mol. The van der Waals surface area contributed by atoms with Crippen molar-refractivity contribution in [3.8, 4) is 5.75 Å². The molecule has 0 saturated heterocycles. The number of amides is 1. The molecule has 0 saturated carbocycles. The molecule has 0 unspecified atom stereocenters. The molecule has 0 fully saturated rings. The molecule has 0 bridgehead atoms. The summed E-state index contributed by atoms with van der Waals surface area (Å²) in [5.41, 5.74) is 1.71. The summed E-state index contributed by atoms with van der Waals surface area (Å²) in [6.45, 7) is 0.621. The van der Waals surface area contributed by atoms with Gasteiger partial charge in [-0.3, -0.25) is 4.79 Å². The Kier molecular flexibility index (Phi) is 5.58. The van der Waals surface area contributed by atoms with E-state index in [0.29, 0.717) is 17.9 Å². The van der Waals surface area contributed by atoms with E-state index in [4.69, 9.17) is 14.7 Å². The maximum absolute atomic E-state index is 12.3. The summed E-state index contributed by atoms with van der Waals surface area (Å²) in [5.74, 6) is 0.200. The summed E-state index contributed by atoms with van der Waals surface area (Å²) in [6, 6.07) is 16.2. The van der Waals surface area contributed by atoms with E-state index in [-0.39, 0.29) is 5.91 Å². The smallest absolute Gasteiger partial charge is 0.512 e. The Hall–Kier alpha value is -2.31. The first-order chi connectivity index (χ1) is 10.6. The van der Waals surface area contributed by atoms with Crippen molar-refractivity contribution in [1.82, 2.24) is 4.90 Å². The predicted octanol–water partition coefficient (Wildman–Crippen LogP) is 1.35. The van der Waals surface area contributed by atoms with Crippen molar-refractivity contribution in [2.24, 2.45) is 0 Å². The SMILES string of the molecule is CN(CCc1ccccc1)C(=O)c1ccc(OB(O)O)cc1. The molecule has 2 aromatic rings. The van der Waals surface area contributed by atoms with Gasteiger partial charge < -0.3 is 19.6 Å². The second-order valence-corrected chi connectivity index (χ2v) is 4.93. The Labute approximate surface area is 129 Å². The van der Waals surface area contributed by atoms with Crippen LogP contribution in [0.1, 0.15) is 15.9 Å². The van der Waals surface area contributed by atoms with Crippen LogP contribution >= 0.6 is 0 Å². The first-order valence-electron chi connectivity index (χ1n) is 6.98. The number of benzene rings is 2. The number of hydrogen-bond donors (Lipinski definition) is 2. The zero-order valence-electron chi connectivity index (χ0n) is 12.3. The molecular formula is C16H18BNO4. The molecule has 6 heteroatoms. The highest BCUT2D eigenvalue weighted by Gasteiger charge is 2.14. The van der Waals surface area contributed by atoms with Gasteiger partial charge in [0.15, 0.2) is 0 Å². The summed E-state index contributed by atoms with van der Waals surface area (Å²) in [6.07, 6.45) is 0.793. The molecule has 5 nitrogen and oxygen atoms in total. The molecule has 0 aliphatic carbocycles. The van der Waals surface area contributed by atoms with E-state index in [1.54, 1.807) is 24.1 Å². The molecule has 0 heterocycles. The number of carbonyl (C=O) groups is 1. The highest BCUT2D eigenvalue weighted by atomic mass is 16.6. The Morgan fingerprint density at radius 1 is 1.09 bits per heavy atom. The third-order valence-electron chi connectivity index (χ3n) is 3.27. The molecule has 114 valence electrons. The van der Waals surface area contributed by atoms with E-state index in [9.17, 15) is 4.79 Å². The third-order valence-corrected chi connectivity index (χ3v) is 3.27. The van der Waals surface area contributed by atoms with Crippen LogP contribution in [0.3, 0.4) is 0 Å². The quantitative estimate of drug-likeness (QED) is 0.790. The highest BCUT2D eigenvalue weighted by molar-refractivity contribution is 6.33. The first kappa shape index (κ1) is 16.1. The van der Waals surface area contributed by atoms with Gasteiger partial charge in [-0.2, -0.15) is 0 Å². The Morgan fingerprint density at radius 3 is 2.32 bits per heavy atom. The number of nitrogens with zero attached hydrogens (tertiary/aromatic N) is 1. The zero-order chi connectivity index (χ0) is 15.9. The monoisotopic (exact) mass is 299 g/mol. The number of likely N-dealkylation sites (N-methyl/N-ethyl adjacent to an activating group) is 1. The van der Waals surface area contributed by atoms with Crippen LogP contribution in [0, 0.1) is 0 Å². The van der Waals surface area contributed by atoms with Gasteiger partial charge in [0.1, 0.15) is 5.75 Å². The zero-order valence-corrected chi connectivity index (χ0v) is 12.3. The molecule has 0 aliphatic rings. The van der Waals surface area contributed by atoms with Gasteiger partial charge in [0.25, 0.3) is 5.91 Å². The van der Waals surface area contributed by atoms with Crippen molar-refractivity contribution >= 4 is 13.2 Å². The fourth-order valence-electron chi connectivity index (χ4n) is 2.06. The van der Waals surface area contributed by atoms with Crippen LogP contribution in [-0.2, 0) is 6.42 Å². The lowest BCUT2D eigenvalue weighted by atomic mass is 10.1.